The highest BCUT2D eigenvalue weighted by atomic mass is 35.5. The highest BCUT2D eigenvalue weighted by Crippen LogP contribution is 2.12. The molecule has 2 rings (SSSR count). The van der Waals surface area contributed by atoms with E-state index in [1.807, 2.05) is 24.3 Å². The Morgan fingerprint density at radius 1 is 1.10 bits per heavy atom. The van der Waals surface area contributed by atoms with Gasteiger partial charge < -0.3 is 10.1 Å². The Bertz CT molecular complexity index is 564. The van der Waals surface area contributed by atoms with Gasteiger partial charge in [0.05, 0.1) is 13.7 Å². The highest BCUT2D eigenvalue weighted by molar-refractivity contribution is 6.30. The number of ether oxygens (including phenoxy) is 1. The molecular formula is C16H16ClNO2. The molecule has 0 aromatic heterocycles. The Kier molecular flexibility index (Phi) is 5.16. The van der Waals surface area contributed by atoms with Gasteiger partial charge in [-0.15, -0.1) is 0 Å². The molecule has 0 heterocycles. The third-order valence-corrected chi connectivity index (χ3v) is 3.19. The van der Waals surface area contributed by atoms with Gasteiger partial charge in [0, 0.05) is 17.1 Å². The summed E-state index contributed by atoms with van der Waals surface area (Å²) in [6, 6.07) is 14.7. The van der Waals surface area contributed by atoms with Crippen molar-refractivity contribution in [1.82, 2.24) is 5.32 Å². The zero-order valence-electron chi connectivity index (χ0n) is 11.2. The third kappa shape index (κ3) is 4.08. The summed E-state index contributed by atoms with van der Waals surface area (Å²) < 4.78 is 5.06. The molecule has 0 saturated carbocycles. The summed E-state index contributed by atoms with van der Waals surface area (Å²) >= 11 is 5.82. The predicted octanol–water partition coefficient (Wildman–Crippen LogP) is 3.32. The standard InChI is InChI=1S/C16H16ClNO2/c1-20-15-8-4-13(5-9-15)16(19)11-18-10-12-2-6-14(17)7-3-12/h2-9,18H,10-11H2,1H3. The monoisotopic (exact) mass is 289 g/mol. The van der Waals surface area contributed by atoms with E-state index >= 15 is 0 Å². The second-order valence-electron chi connectivity index (χ2n) is 4.38. The number of Topliss-reactive ketones (excluding diaryl/α,β-unsaturated/α-hetero) is 1. The molecule has 3 nitrogen and oxygen atoms in total. The molecule has 0 aliphatic carbocycles. The summed E-state index contributed by atoms with van der Waals surface area (Å²) in [5, 5.41) is 3.84. The average molecular weight is 290 g/mol. The number of ketones is 1. The lowest BCUT2D eigenvalue weighted by Gasteiger charge is -2.05. The summed E-state index contributed by atoms with van der Waals surface area (Å²) in [4.78, 5) is 12.0. The van der Waals surface area contributed by atoms with Crippen LogP contribution in [0.3, 0.4) is 0 Å². The lowest BCUT2D eigenvalue weighted by Crippen LogP contribution is -2.22. The van der Waals surface area contributed by atoms with E-state index in [0.717, 1.165) is 11.3 Å². The van der Waals surface area contributed by atoms with Crippen LogP contribution < -0.4 is 10.1 Å². The van der Waals surface area contributed by atoms with Crippen LogP contribution in [0.1, 0.15) is 15.9 Å². The van der Waals surface area contributed by atoms with E-state index in [1.165, 1.54) is 0 Å². The lowest BCUT2D eigenvalue weighted by atomic mass is 10.1. The number of rotatable bonds is 6. The van der Waals surface area contributed by atoms with Crippen LogP contribution in [0.15, 0.2) is 48.5 Å². The van der Waals surface area contributed by atoms with Crippen molar-refractivity contribution >= 4 is 17.4 Å². The van der Waals surface area contributed by atoms with Crippen molar-refractivity contribution in [2.24, 2.45) is 0 Å². The molecular weight excluding hydrogens is 274 g/mol. The van der Waals surface area contributed by atoms with Gasteiger partial charge in [-0.2, -0.15) is 0 Å². The van der Waals surface area contributed by atoms with Crippen LogP contribution in [-0.2, 0) is 6.54 Å². The number of carbonyl (C=O) groups is 1. The van der Waals surface area contributed by atoms with E-state index in [4.69, 9.17) is 16.3 Å². The first-order valence-corrected chi connectivity index (χ1v) is 6.69. The van der Waals surface area contributed by atoms with E-state index in [9.17, 15) is 4.79 Å². The van der Waals surface area contributed by atoms with Gasteiger partial charge in [0.2, 0.25) is 0 Å². The first-order valence-electron chi connectivity index (χ1n) is 6.31. The zero-order chi connectivity index (χ0) is 14.4. The normalized spacial score (nSPS) is 10.3. The van der Waals surface area contributed by atoms with Gasteiger partial charge in [-0.05, 0) is 42.0 Å². The Hall–Kier alpha value is -1.84. The van der Waals surface area contributed by atoms with Crippen molar-refractivity contribution in [3.05, 3.63) is 64.7 Å². The summed E-state index contributed by atoms with van der Waals surface area (Å²) in [6.45, 7) is 0.939. The minimum Gasteiger partial charge on any atom is -0.497 e. The molecule has 0 amide bonds. The molecule has 0 aliphatic heterocycles. The van der Waals surface area contributed by atoms with Crippen molar-refractivity contribution in [3.8, 4) is 5.75 Å². The molecule has 1 N–H and O–H groups in total. The summed E-state index contributed by atoms with van der Waals surface area (Å²) in [7, 11) is 1.60. The first kappa shape index (κ1) is 14.6. The molecule has 0 radical (unpaired) electrons. The molecule has 20 heavy (non-hydrogen) atoms. The van der Waals surface area contributed by atoms with E-state index in [2.05, 4.69) is 5.32 Å². The molecule has 0 fully saturated rings. The van der Waals surface area contributed by atoms with Gasteiger partial charge in [-0.25, -0.2) is 0 Å². The fourth-order valence-electron chi connectivity index (χ4n) is 1.80. The van der Waals surface area contributed by atoms with Crippen molar-refractivity contribution in [1.29, 1.82) is 0 Å². The Morgan fingerprint density at radius 2 is 1.75 bits per heavy atom. The van der Waals surface area contributed by atoms with Crippen molar-refractivity contribution in [2.75, 3.05) is 13.7 Å². The molecule has 104 valence electrons. The zero-order valence-corrected chi connectivity index (χ0v) is 12.0. The van der Waals surface area contributed by atoms with E-state index < -0.39 is 0 Å². The van der Waals surface area contributed by atoms with Gasteiger partial charge >= 0.3 is 0 Å². The molecule has 4 heteroatoms. The number of methoxy groups -OCH3 is 1. The number of hydrogen-bond acceptors (Lipinski definition) is 3. The Balaban J connectivity index is 1.83. The van der Waals surface area contributed by atoms with Crippen LogP contribution in [0.5, 0.6) is 5.75 Å². The SMILES string of the molecule is COc1ccc(C(=O)CNCc2ccc(Cl)cc2)cc1. The van der Waals surface area contributed by atoms with Gasteiger partial charge in [0.25, 0.3) is 0 Å². The van der Waals surface area contributed by atoms with E-state index in [-0.39, 0.29) is 5.78 Å². The van der Waals surface area contributed by atoms with E-state index in [0.29, 0.717) is 23.7 Å². The highest BCUT2D eigenvalue weighted by Gasteiger charge is 2.05. The smallest absolute Gasteiger partial charge is 0.176 e. The largest absolute Gasteiger partial charge is 0.497 e. The van der Waals surface area contributed by atoms with Gasteiger partial charge in [0.1, 0.15) is 5.75 Å². The van der Waals surface area contributed by atoms with Crippen LogP contribution >= 0.6 is 11.6 Å². The lowest BCUT2D eigenvalue weighted by molar-refractivity contribution is 0.0991. The molecule has 2 aromatic rings. The topological polar surface area (TPSA) is 38.3 Å². The predicted molar refractivity (Wildman–Crippen MR) is 80.5 cm³/mol. The molecule has 2 aromatic carbocycles. The Labute approximate surface area is 123 Å². The molecule has 0 bridgehead atoms. The van der Waals surface area contributed by atoms with E-state index in [1.54, 1.807) is 31.4 Å². The number of halogens is 1. The second kappa shape index (κ2) is 7.08. The van der Waals surface area contributed by atoms with Crippen LogP contribution in [0.4, 0.5) is 0 Å². The summed E-state index contributed by atoms with van der Waals surface area (Å²) in [5.41, 5.74) is 1.77. The molecule has 0 atom stereocenters. The number of hydrogen-bond donors (Lipinski definition) is 1. The number of nitrogens with one attached hydrogen (secondary N) is 1. The van der Waals surface area contributed by atoms with Crippen molar-refractivity contribution < 1.29 is 9.53 Å². The molecule has 0 spiro atoms. The summed E-state index contributed by atoms with van der Waals surface area (Å²) in [5.74, 6) is 0.803. The molecule has 0 aliphatic rings. The van der Waals surface area contributed by atoms with Gasteiger partial charge in [-0.1, -0.05) is 23.7 Å². The van der Waals surface area contributed by atoms with Crippen molar-refractivity contribution in [2.45, 2.75) is 6.54 Å². The minimum absolute atomic E-state index is 0.0571. The molecule has 0 unspecified atom stereocenters. The van der Waals surface area contributed by atoms with Crippen LogP contribution in [0.25, 0.3) is 0 Å². The van der Waals surface area contributed by atoms with Crippen LogP contribution in [-0.4, -0.2) is 19.4 Å². The molecule has 0 saturated heterocycles. The maximum atomic E-state index is 12.0. The minimum atomic E-state index is 0.0571. The first-order chi connectivity index (χ1) is 9.69. The van der Waals surface area contributed by atoms with Crippen LogP contribution in [0.2, 0.25) is 5.02 Å². The summed E-state index contributed by atoms with van der Waals surface area (Å²) in [6.07, 6.45) is 0. The van der Waals surface area contributed by atoms with Gasteiger partial charge in [0.15, 0.2) is 5.78 Å². The number of carbonyl (C=O) groups excluding carboxylic acids is 1. The Morgan fingerprint density at radius 3 is 2.35 bits per heavy atom. The van der Waals surface area contributed by atoms with Crippen LogP contribution in [0, 0.1) is 0 Å². The van der Waals surface area contributed by atoms with Crippen molar-refractivity contribution in [3.63, 3.8) is 0 Å². The maximum absolute atomic E-state index is 12.0. The maximum Gasteiger partial charge on any atom is 0.176 e. The van der Waals surface area contributed by atoms with Gasteiger partial charge in [-0.3, -0.25) is 4.79 Å². The average Bonchev–Trinajstić information content (AvgIpc) is 2.49. The fourth-order valence-corrected chi connectivity index (χ4v) is 1.93. The number of benzene rings is 2. The second-order valence-corrected chi connectivity index (χ2v) is 4.82. The third-order valence-electron chi connectivity index (χ3n) is 2.94. The quantitative estimate of drug-likeness (QED) is 0.829. The fraction of sp³-hybridized carbons (Fsp3) is 0.188.